The van der Waals surface area contributed by atoms with Crippen molar-refractivity contribution >= 4 is 34.7 Å². The molecule has 0 saturated heterocycles. The van der Waals surface area contributed by atoms with Crippen LogP contribution in [0.25, 0.3) is 10.7 Å². The van der Waals surface area contributed by atoms with E-state index in [9.17, 15) is 14.9 Å². The molecule has 0 bridgehead atoms. The van der Waals surface area contributed by atoms with Crippen LogP contribution in [0.2, 0.25) is 0 Å². The van der Waals surface area contributed by atoms with Gasteiger partial charge >= 0.3 is 0 Å². The first kappa shape index (κ1) is 18.1. The van der Waals surface area contributed by atoms with E-state index in [1.54, 1.807) is 23.5 Å². The number of nitrogens with two attached hydrogens (primary N) is 1. The number of thiophene rings is 1. The van der Waals surface area contributed by atoms with Crippen LogP contribution >= 0.6 is 23.1 Å². The van der Waals surface area contributed by atoms with Gasteiger partial charge in [-0.15, -0.1) is 21.5 Å². The van der Waals surface area contributed by atoms with Crippen molar-refractivity contribution in [2.75, 3.05) is 0 Å². The monoisotopic (exact) mass is 389 g/mol. The van der Waals surface area contributed by atoms with Gasteiger partial charge < -0.3 is 10.3 Å². The predicted molar refractivity (Wildman–Crippen MR) is 99.8 cm³/mol. The number of primary amides is 1. The van der Waals surface area contributed by atoms with Crippen molar-refractivity contribution in [2.45, 2.75) is 23.9 Å². The SMILES string of the molecule is NC(=O)CCn1c(SCc2ccc([N+](=O)[O-])cc2)nnc1-c1cccs1. The Morgan fingerprint density at radius 2 is 2.04 bits per heavy atom. The van der Waals surface area contributed by atoms with E-state index in [4.69, 9.17) is 5.73 Å². The van der Waals surface area contributed by atoms with E-state index in [-0.39, 0.29) is 18.0 Å². The van der Waals surface area contributed by atoms with E-state index in [2.05, 4.69) is 10.2 Å². The third-order valence-electron chi connectivity index (χ3n) is 3.56. The average Bonchev–Trinajstić information content (AvgIpc) is 3.27. The van der Waals surface area contributed by atoms with E-state index >= 15 is 0 Å². The maximum Gasteiger partial charge on any atom is 0.269 e. The summed E-state index contributed by atoms with van der Waals surface area (Å²) in [7, 11) is 0. The molecular formula is C16H15N5O3S2. The number of amides is 1. The number of non-ortho nitro benzene ring substituents is 1. The van der Waals surface area contributed by atoms with E-state index in [1.807, 2.05) is 22.1 Å². The summed E-state index contributed by atoms with van der Waals surface area (Å²) >= 11 is 3.00. The van der Waals surface area contributed by atoms with Crippen LogP contribution < -0.4 is 5.73 Å². The molecule has 3 aromatic rings. The maximum atomic E-state index is 11.2. The fraction of sp³-hybridized carbons (Fsp3) is 0.188. The minimum absolute atomic E-state index is 0.0587. The molecule has 0 radical (unpaired) electrons. The quantitative estimate of drug-likeness (QED) is 0.359. The number of aromatic nitrogens is 3. The summed E-state index contributed by atoms with van der Waals surface area (Å²) in [6.45, 7) is 0.401. The normalized spacial score (nSPS) is 10.8. The van der Waals surface area contributed by atoms with E-state index in [0.717, 1.165) is 10.4 Å². The molecular weight excluding hydrogens is 374 g/mol. The van der Waals surface area contributed by atoms with Gasteiger partial charge in [0.25, 0.3) is 5.69 Å². The highest BCUT2D eigenvalue weighted by atomic mass is 32.2. The first-order chi connectivity index (χ1) is 12.5. The fourth-order valence-electron chi connectivity index (χ4n) is 2.27. The Balaban J connectivity index is 1.78. The molecule has 0 aliphatic heterocycles. The van der Waals surface area contributed by atoms with Crippen molar-refractivity contribution in [3.63, 3.8) is 0 Å². The lowest BCUT2D eigenvalue weighted by atomic mass is 10.2. The van der Waals surface area contributed by atoms with Crippen LogP contribution in [0.15, 0.2) is 46.9 Å². The number of carbonyl (C=O) groups is 1. The van der Waals surface area contributed by atoms with E-state index in [0.29, 0.717) is 23.3 Å². The van der Waals surface area contributed by atoms with Crippen LogP contribution in [0, 0.1) is 10.1 Å². The van der Waals surface area contributed by atoms with Crippen LogP contribution in [0.4, 0.5) is 5.69 Å². The molecule has 1 amide bonds. The van der Waals surface area contributed by atoms with Crippen LogP contribution in [-0.2, 0) is 17.1 Å². The van der Waals surface area contributed by atoms with Gasteiger partial charge in [-0.05, 0) is 17.0 Å². The largest absolute Gasteiger partial charge is 0.370 e. The predicted octanol–water partition coefficient (Wildman–Crippen LogP) is 3.08. The van der Waals surface area contributed by atoms with Gasteiger partial charge in [0.15, 0.2) is 11.0 Å². The average molecular weight is 389 g/mol. The molecule has 0 aliphatic carbocycles. The standard InChI is InChI=1S/C16H15N5O3S2/c17-14(22)7-8-20-15(13-2-1-9-25-13)18-19-16(20)26-10-11-3-5-12(6-4-11)21(23)24/h1-6,9H,7-8,10H2,(H2,17,22). The number of hydrogen-bond acceptors (Lipinski definition) is 7. The number of carbonyl (C=O) groups excluding carboxylic acids is 1. The molecule has 0 unspecified atom stereocenters. The maximum absolute atomic E-state index is 11.2. The molecule has 134 valence electrons. The first-order valence-corrected chi connectivity index (χ1v) is 9.52. The molecule has 0 spiro atoms. The highest BCUT2D eigenvalue weighted by Gasteiger charge is 2.16. The number of nitrogens with zero attached hydrogens (tertiary/aromatic N) is 4. The van der Waals surface area contributed by atoms with Crippen molar-refractivity contribution in [1.82, 2.24) is 14.8 Å². The zero-order valence-corrected chi connectivity index (χ0v) is 15.2. The molecule has 3 rings (SSSR count). The van der Waals surface area contributed by atoms with Crippen LogP contribution in [0.1, 0.15) is 12.0 Å². The molecule has 1 aromatic carbocycles. The smallest absolute Gasteiger partial charge is 0.269 e. The summed E-state index contributed by atoms with van der Waals surface area (Å²) in [5.41, 5.74) is 6.27. The van der Waals surface area contributed by atoms with Crippen LogP contribution in [0.3, 0.4) is 0 Å². The van der Waals surface area contributed by atoms with Crippen LogP contribution in [0.5, 0.6) is 0 Å². The number of nitro benzene ring substituents is 1. The fourth-order valence-corrected chi connectivity index (χ4v) is 3.91. The van der Waals surface area contributed by atoms with Crippen molar-refractivity contribution in [2.24, 2.45) is 5.73 Å². The Kier molecular flexibility index (Phi) is 5.64. The Morgan fingerprint density at radius 1 is 1.27 bits per heavy atom. The molecule has 0 fully saturated rings. The Bertz CT molecular complexity index is 907. The lowest BCUT2D eigenvalue weighted by Crippen LogP contribution is -2.14. The molecule has 8 nitrogen and oxygen atoms in total. The van der Waals surface area contributed by atoms with Crippen LogP contribution in [-0.4, -0.2) is 25.6 Å². The van der Waals surface area contributed by atoms with E-state index < -0.39 is 4.92 Å². The second-order valence-corrected chi connectivity index (χ2v) is 7.25. The van der Waals surface area contributed by atoms with Gasteiger partial charge in [0.1, 0.15) is 0 Å². The number of thioether (sulfide) groups is 1. The summed E-state index contributed by atoms with van der Waals surface area (Å²) in [5.74, 6) is 0.895. The second-order valence-electron chi connectivity index (χ2n) is 5.36. The van der Waals surface area contributed by atoms with Gasteiger partial charge in [-0.1, -0.05) is 30.0 Å². The number of rotatable bonds is 8. The summed E-state index contributed by atoms with van der Waals surface area (Å²) in [6, 6.07) is 10.3. The molecule has 0 atom stereocenters. The van der Waals surface area contributed by atoms with Crippen molar-refractivity contribution in [3.8, 4) is 10.7 Å². The van der Waals surface area contributed by atoms with Crippen molar-refractivity contribution in [3.05, 3.63) is 57.5 Å². The molecule has 0 saturated carbocycles. The summed E-state index contributed by atoms with van der Waals surface area (Å²) in [4.78, 5) is 22.4. The molecule has 10 heteroatoms. The molecule has 2 aromatic heterocycles. The third-order valence-corrected chi connectivity index (χ3v) is 5.46. The lowest BCUT2D eigenvalue weighted by Gasteiger charge is -2.08. The van der Waals surface area contributed by atoms with Gasteiger partial charge in [0.05, 0.1) is 9.80 Å². The molecule has 2 heterocycles. The van der Waals surface area contributed by atoms with Gasteiger partial charge in [-0.25, -0.2) is 0 Å². The molecule has 26 heavy (non-hydrogen) atoms. The van der Waals surface area contributed by atoms with Gasteiger partial charge in [-0.2, -0.15) is 0 Å². The Hall–Kier alpha value is -2.72. The number of benzene rings is 1. The number of hydrogen-bond donors (Lipinski definition) is 1. The topological polar surface area (TPSA) is 117 Å². The molecule has 0 aliphatic rings. The van der Waals surface area contributed by atoms with Gasteiger partial charge in [-0.3, -0.25) is 14.9 Å². The number of nitro groups is 1. The summed E-state index contributed by atoms with van der Waals surface area (Å²) in [5, 5.41) is 21.8. The first-order valence-electron chi connectivity index (χ1n) is 7.66. The van der Waals surface area contributed by atoms with E-state index in [1.165, 1.54) is 23.9 Å². The Labute approximate surface area is 157 Å². The minimum Gasteiger partial charge on any atom is -0.370 e. The van der Waals surface area contributed by atoms with Crippen molar-refractivity contribution < 1.29 is 9.72 Å². The van der Waals surface area contributed by atoms with Gasteiger partial charge in [0, 0.05) is 30.9 Å². The second kappa shape index (κ2) is 8.11. The summed E-state index contributed by atoms with van der Waals surface area (Å²) < 4.78 is 1.88. The zero-order valence-electron chi connectivity index (χ0n) is 13.6. The highest BCUT2D eigenvalue weighted by molar-refractivity contribution is 7.98. The zero-order chi connectivity index (χ0) is 18.5. The van der Waals surface area contributed by atoms with Crippen molar-refractivity contribution in [1.29, 1.82) is 0 Å². The Morgan fingerprint density at radius 3 is 2.65 bits per heavy atom. The highest BCUT2D eigenvalue weighted by Crippen LogP contribution is 2.29. The van der Waals surface area contributed by atoms with Gasteiger partial charge in [0.2, 0.25) is 5.91 Å². The minimum atomic E-state index is -0.426. The third kappa shape index (κ3) is 4.27. The summed E-state index contributed by atoms with van der Waals surface area (Å²) in [6.07, 6.45) is 0.196. The molecule has 2 N–H and O–H groups in total. The lowest BCUT2D eigenvalue weighted by molar-refractivity contribution is -0.384.